The van der Waals surface area contributed by atoms with Crippen LogP contribution in [0.5, 0.6) is 5.75 Å². The zero-order valence-corrected chi connectivity index (χ0v) is 10.5. The molecule has 2 rings (SSSR count). The fourth-order valence-corrected chi connectivity index (χ4v) is 1.63. The van der Waals surface area contributed by atoms with Crippen LogP contribution < -0.4 is 4.74 Å². The number of methoxy groups -OCH3 is 1. The maximum atomic E-state index is 10.5. The number of nitrogens with zero attached hydrogens (tertiary/aromatic N) is 2. The number of benzene rings is 1. The van der Waals surface area contributed by atoms with E-state index in [-0.39, 0.29) is 12.3 Å². The second-order valence-corrected chi connectivity index (χ2v) is 4.01. The van der Waals surface area contributed by atoms with Crippen LogP contribution in [0.3, 0.4) is 0 Å². The van der Waals surface area contributed by atoms with Gasteiger partial charge in [-0.2, -0.15) is 0 Å². The number of carboxylic acid groups (broad SMARTS) is 1. The summed E-state index contributed by atoms with van der Waals surface area (Å²) in [6, 6.07) is 7.71. The van der Waals surface area contributed by atoms with Crippen molar-refractivity contribution in [3.8, 4) is 5.75 Å². The minimum absolute atomic E-state index is 0.136. The summed E-state index contributed by atoms with van der Waals surface area (Å²) < 4.78 is 10.3. The fraction of sp³-hybridized carbons (Fsp3) is 0.308. The molecule has 19 heavy (non-hydrogen) atoms. The Bertz CT molecular complexity index is 548. The normalized spacial score (nSPS) is 10.4. The van der Waals surface area contributed by atoms with Gasteiger partial charge in [0, 0.05) is 6.42 Å². The Morgan fingerprint density at radius 2 is 1.89 bits per heavy atom. The van der Waals surface area contributed by atoms with Crippen LogP contribution in [0.15, 0.2) is 28.7 Å². The number of aryl methyl sites for hydroxylation is 2. The van der Waals surface area contributed by atoms with Gasteiger partial charge in [-0.05, 0) is 24.1 Å². The van der Waals surface area contributed by atoms with Crippen molar-refractivity contribution < 1.29 is 19.1 Å². The Labute approximate surface area is 110 Å². The van der Waals surface area contributed by atoms with Gasteiger partial charge in [0.1, 0.15) is 12.2 Å². The SMILES string of the molecule is COc1ccc(CCc2nnc(CC(=O)O)o2)cc1. The molecule has 0 amide bonds. The zero-order valence-electron chi connectivity index (χ0n) is 10.5. The molecular weight excluding hydrogens is 248 g/mol. The van der Waals surface area contributed by atoms with Crippen molar-refractivity contribution >= 4 is 5.97 Å². The molecule has 0 aliphatic rings. The maximum absolute atomic E-state index is 10.5. The molecule has 100 valence electrons. The summed E-state index contributed by atoms with van der Waals surface area (Å²) in [7, 11) is 1.62. The third-order valence-electron chi connectivity index (χ3n) is 2.60. The molecule has 1 aromatic heterocycles. The third-order valence-corrected chi connectivity index (χ3v) is 2.60. The molecule has 2 aromatic rings. The van der Waals surface area contributed by atoms with Gasteiger partial charge in [-0.3, -0.25) is 4.79 Å². The summed E-state index contributed by atoms with van der Waals surface area (Å²) in [5.74, 6) is 0.417. The highest BCUT2D eigenvalue weighted by Gasteiger charge is 2.09. The smallest absolute Gasteiger partial charge is 0.312 e. The third kappa shape index (κ3) is 3.80. The summed E-state index contributed by atoms with van der Waals surface area (Å²) in [5, 5.41) is 16.1. The lowest BCUT2D eigenvalue weighted by molar-refractivity contribution is -0.136. The maximum Gasteiger partial charge on any atom is 0.312 e. The largest absolute Gasteiger partial charge is 0.497 e. The van der Waals surface area contributed by atoms with Crippen LogP contribution in [-0.4, -0.2) is 28.4 Å². The summed E-state index contributed by atoms with van der Waals surface area (Å²) in [6.45, 7) is 0. The molecule has 1 aromatic carbocycles. The van der Waals surface area contributed by atoms with Crippen molar-refractivity contribution in [3.63, 3.8) is 0 Å². The van der Waals surface area contributed by atoms with Gasteiger partial charge in [-0.25, -0.2) is 0 Å². The number of ether oxygens (including phenoxy) is 1. The van der Waals surface area contributed by atoms with Crippen LogP contribution >= 0.6 is 0 Å². The van der Waals surface area contributed by atoms with Crippen molar-refractivity contribution in [2.45, 2.75) is 19.3 Å². The molecule has 6 heteroatoms. The molecule has 1 N–H and O–H groups in total. The van der Waals surface area contributed by atoms with E-state index in [9.17, 15) is 4.79 Å². The molecule has 0 atom stereocenters. The minimum atomic E-state index is -0.981. The van der Waals surface area contributed by atoms with Gasteiger partial charge in [0.25, 0.3) is 0 Å². The number of rotatable bonds is 6. The molecule has 0 aliphatic carbocycles. The number of carbonyl (C=O) groups is 1. The first-order valence-corrected chi connectivity index (χ1v) is 5.83. The van der Waals surface area contributed by atoms with Crippen molar-refractivity contribution in [1.29, 1.82) is 0 Å². The lowest BCUT2D eigenvalue weighted by atomic mass is 10.1. The first-order chi connectivity index (χ1) is 9.17. The second kappa shape index (κ2) is 5.99. The predicted octanol–water partition coefficient (Wildman–Crippen LogP) is 1.49. The molecule has 6 nitrogen and oxygen atoms in total. The average molecular weight is 262 g/mol. The zero-order chi connectivity index (χ0) is 13.7. The highest BCUT2D eigenvalue weighted by Crippen LogP contribution is 2.13. The second-order valence-electron chi connectivity index (χ2n) is 4.01. The van der Waals surface area contributed by atoms with Crippen LogP contribution in [0.2, 0.25) is 0 Å². The van der Waals surface area contributed by atoms with Crippen molar-refractivity contribution in [3.05, 3.63) is 41.6 Å². The fourth-order valence-electron chi connectivity index (χ4n) is 1.63. The molecule has 0 aliphatic heterocycles. The van der Waals surface area contributed by atoms with E-state index >= 15 is 0 Å². The van der Waals surface area contributed by atoms with Crippen LogP contribution in [0.25, 0.3) is 0 Å². The van der Waals surface area contributed by atoms with Gasteiger partial charge < -0.3 is 14.3 Å². The molecule has 0 spiro atoms. The molecule has 0 unspecified atom stereocenters. The van der Waals surface area contributed by atoms with Crippen LogP contribution in [0.4, 0.5) is 0 Å². The van der Waals surface area contributed by atoms with Crippen molar-refractivity contribution in [2.75, 3.05) is 7.11 Å². The number of hydrogen-bond acceptors (Lipinski definition) is 5. The summed E-state index contributed by atoms with van der Waals surface area (Å²) in [5.41, 5.74) is 1.12. The van der Waals surface area contributed by atoms with E-state index in [2.05, 4.69) is 10.2 Å². The Morgan fingerprint density at radius 3 is 2.53 bits per heavy atom. The highest BCUT2D eigenvalue weighted by atomic mass is 16.5. The molecule has 0 saturated heterocycles. The van der Waals surface area contributed by atoms with E-state index in [4.69, 9.17) is 14.3 Å². The van der Waals surface area contributed by atoms with Gasteiger partial charge in [0.15, 0.2) is 0 Å². The van der Waals surface area contributed by atoms with Crippen LogP contribution in [0.1, 0.15) is 17.3 Å². The molecule has 0 saturated carbocycles. The Balaban J connectivity index is 1.90. The van der Waals surface area contributed by atoms with E-state index in [1.807, 2.05) is 24.3 Å². The Kier molecular flexibility index (Phi) is 4.12. The number of carboxylic acids is 1. The summed E-state index contributed by atoms with van der Waals surface area (Å²) in [4.78, 5) is 10.5. The molecular formula is C13H14N2O4. The van der Waals surface area contributed by atoms with Crippen LogP contribution in [-0.2, 0) is 24.1 Å². The monoisotopic (exact) mass is 262 g/mol. The van der Waals surface area contributed by atoms with E-state index in [1.165, 1.54) is 0 Å². The van der Waals surface area contributed by atoms with E-state index < -0.39 is 5.97 Å². The Morgan fingerprint density at radius 1 is 1.21 bits per heavy atom. The van der Waals surface area contributed by atoms with Gasteiger partial charge in [0.2, 0.25) is 11.8 Å². The standard InChI is InChI=1S/C13H14N2O4/c1-18-10-5-2-9(3-6-10)4-7-11-14-15-12(19-11)8-13(16)17/h2-3,5-6H,4,7-8H2,1H3,(H,16,17). The van der Waals surface area contributed by atoms with Gasteiger partial charge in [-0.15, -0.1) is 10.2 Å². The van der Waals surface area contributed by atoms with Gasteiger partial charge >= 0.3 is 5.97 Å². The molecule has 1 heterocycles. The predicted molar refractivity (Wildman–Crippen MR) is 66.0 cm³/mol. The summed E-state index contributed by atoms with van der Waals surface area (Å²) >= 11 is 0. The molecule has 0 fully saturated rings. The summed E-state index contributed by atoms with van der Waals surface area (Å²) in [6.07, 6.45) is 1.09. The average Bonchev–Trinajstić information content (AvgIpc) is 2.84. The first-order valence-electron chi connectivity index (χ1n) is 5.83. The molecule has 0 bridgehead atoms. The highest BCUT2D eigenvalue weighted by molar-refractivity contribution is 5.68. The number of aromatic nitrogens is 2. The topological polar surface area (TPSA) is 85.5 Å². The van der Waals surface area contributed by atoms with Crippen molar-refractivity contribution in [1.82, 2.24) is 10.2 Å². The van der Waals surface area contributed by atoms with E-state index in [0.717, 1.165) is 17.7 Å². The number of hydrogen-bond donors (Lipinski definition) is 1. The minimum Gasteiger partial charge on any atom is -0.497 e. The van der Waals surface area contributed by atoms with Gasteiger partial charge in [-0.1, -0.05) is 12.1 Å². The van der Waals surface area contributed by atoms with Crippen LogP contribution in [0, 0.1) is 0 Å². The Hall–Kier alpha value is -2.37. The lowest BCUT2D eigenvalue weighted by Gasteiger charge is -2.01. The van der Waals surface area contributed by atoms with Crippen molar-refractivity contribution in [2.24, 2.45) is 0 Å². The number of aliphatic carboxylic acids is 1. The van der Waals surface area contributed by atoms with Gasteiger partial charge in [0.05, 0.1) is 7.11 Å². The lowest BCUT2D eigenvalue weighted by Crippen LogP contribution is -1.99. The molecule has 0 radical (unpaired) electrons. The quantitative estimate of drug-likeness (QED) is 0.848. The van der Waals surface area contributed by atoms with E-state index in [1.54, 1.807) is 7.11 Å². The van der Waals surface area contributed by atoms with E-state index in [0.29, 0.717) is 12.3 Å². The first kappa shape index (κ1) is 13.1.